The molecule has 0 aliphatic carbocycles. The summed E-state index contributed by atoms with van der Waals surface area (Å²) in [5.74, 6) is -0.721. The normalized spacial score (nSPS) is 11.4. The van der Waals surface area contributed by atoms with Crippen LogP contribution < -0.4 is 0 Å². The average molecular weight is 280 g/mol. The summed E-state index contributed by atoms with van der Waals surface area (Å²) in [7, 11) is 0. The summed E-state index contributed by atoms with van der Waals surface area (Å²) >= 11 is 0. The van der Waals surface area contributed by atoms with Crippen molar-refractivity contribution >= 4 is 17.4 Å². The summed E-state index contributed by atoms with van der Waals surface area (Å²) in [6.07, 6.45) is -0.0540. The van der Waals surface area contributed by atoms with Gasteiger partial charge in [-0.25, -0.2) is 4.79 Å². The Labute approximate surface area is 116 Å². The lowest BCUT2D eigenvalue weighted by Crippen LogP contribution is -2.22. The van der Waals surface area contributed by atoms with Gasteiger partial charge in [0.25, 0.3) is 5.69 Å². The zero-order valence-corrected chi connectivity index (χ0v) is 11.3. The van der Waals surface area contributed by atoms with Gasteiger partial charge >= 0.3 is 5.97 Å². The summed E-state index contributed by atoms with van der Waals surface area (Å²) in [6, 6.07) is 6.22. The predicted molar refractivity (Wildman–Crippen MR) is 71.9 cm³/mol. The molecule has 0 fully saturated rings. The van der Waals surface area contributed by atoms with Crippen molar-refractivity contribution in [3.8, 4) is 0 Å². The van der Waals surface area contributed by atoms with E-state index in [9.17, 15) is 14.9 Å². The van der Waals surface area contributed by atoms with Gasteiger partial charge in [0.15, 0.2) is 5.71 Å². The van der Waals surface area contributed by atoms with Crippen molar-refractivity contribution in [2.45, 2.75) is 32.8 Å². The highest BCUT2D eigenvalue weighted by atomic mass is 16.6. The SMILES string of the molecule is CC(C)OC(=O)C(CCc1ccccc1[N+](=O)[O-])=NO. The van der Waals surface area contributed by atoms with Gasteiger partial charge < -0.3 is 9.94 Å². The van der Waals surface area contributed by atoms with Crippen LogP contribution in [0.25, 0.3) is 0 Å². The van der Waals surface area contributed by atoms with Crippen molar-refractivity contribution in [1.29, 1.82) is 0 Å². The predicted octanol–water partition coefficient (Wildman–Crippen LogP) is 2.31. The lowest BCUT2D eigenvalue weighted by Gasteiger charge is -2.08. The summed E-state index contributed by atoms with van der Waals surface area (Å²) < 4.78 is 4.91. The van der Waals surface area contributed by atoms with Crippen LogP contribution in [0.5, 0.6) is 0 Å². The number of para-hydroxylation sites is 1. The number of ether oxygens (including phenoxy) is 1. The molecular formula is C13H16N2O5. The van der Waals surface area contributed by atoms with Crippen LogP contribution in [0.3, 0.4) is 0 Å². The molecule has 0 radical (unpaired) electrons. The fraction of sp³-hybridized carbons (Fsp3) is 0.385. The van der Waals surface area contributed by atoms with Crippen LogP contribution in [0.2, 0.25) is 0 Å². The molecule has 0 aliphatic rings. The highest BCUT2D eigenvalue weighted by Crippen LogP contribution is 2.19. The number of benzene rings is 1. The van der Waals surface area contributed by atoms with Crippen LogP contribution in [-0.2, 0) is 16.0 Å². The number of carbonyl (C=O) groups is 1. The van der Waals surface area contributed by atoms with Gasteiger partial charge in [0.1, 0.15) is 0 Å². The molecule has 1 rings (SSSR count). The molecule has 0 aliphatic heterocycles. The van der Waals surface area contributed by atoms with Crippen LogP contribution >= 0.6 is 0 Å². The Morgan fingerprint density at radius 3 is 2.65 bits per heavy atom. The molecule has 7 heteroatoms. The molecule has 0 heterocycles. The third-order valence-electron chi connectivity index (χ3n) is 2.52. The van der Waals surface area contributed by atoms with E-state index in [-0.39, 0.29) is 30.3 Å². The highest BCUT2D eigenvalue weighted by Gasteiger charge is 2.18. The summed E-state index contributed by atoms with van der Waals surface area (Å²) in [6.45, 7) is 3.35. The van der Waals surface area contributed by atoms with Crippen molar-refractivity contribution in [3.63, 3.8) is 0 Å². The summed E-state index contributed by atoms with van der Waals surface area (Å²) in [5.41, 5.74) is 0.287. The van der Waals surface area contributed by atoms with E-state index in [1.165, 1.54) is 6.07 Å². The molecule has 1 aromatic carbocycles. The third kappa shape index (κ3) is 4.34. The number of hydrogen-bond acceptors (Lipinski definition) is 6. The number of rotatable bonds is 6. The van der Waals surface area contributed by atoms with Crippen molar-refractivity contribution in [2.75, 3.05) is 0 Å². The van der Waals surface area contributed by atoms with E-state index in [1.807, 2.05) is 0 Å². The second kappa shape index (κ2) is 7.22. The minimum absolute atomic E-state index is 0.0259. The quantitative estimate of drug-likeness (QED) is 0.283. The molecule has 0 unspecified atom stereocenters. The fourth-order valence-electron chi connectivity index (χ4n) is 1.63. The first-order valence-electron chi connectivity index (χ1n) is 6.10. The molecule has 0 spiro atoms. The molecule has 0 saturated heterocycles. The van der Waals surface area contributed by atoms with Gasteiger partial charge in [-0.1, -0.05) is 23.4 Å². The Morgan fingerprint density at radius 2 is 2.10 bits per heavy atom. The highest BCUT2D eigenvalue weighted by molar-refractivity contribution is 6.36. The molecule has 0 bridgehead atoms. The van der Waals surface area contributed by atoms with E-state index in [2.05, 4.69) is 5.16 Å². The van der Waals surface area contributed by atoms with Crippen molar-refractivity contribution in [3.05, 3.63) is 39.9 Å². The monoisotopic (exact) mass is 280 g/mol. The Hall–Kier alpha value is -2.44. The molecule has 1 aromatic rings. The maximum atomic E-state index is 11.6. The number of carbonyl (C=O) groups excluding carboxylic acids is 1. The van der Waals surface area contributed by atoms with Crippen LogP contribution in [0.15, 0.2) is 29.4 Å². The number of nitro groups is 1. The lowest BCUT2D eigenvalue weighted by atomic mass is 10.1. The molecule has 1 N–H and O–H groups in total. The Balaban J connectivity index is 2.75. The number of hydrogen-bond donors (Lipinski definition) is 1. The van der Waals surface area contributed by atoms with Crippen molar-refractivity contribution in [2.24, 2.45) is 5.16 Å². The molecule has 0 amide bonds. The zero-order valence-electron chi connectivity index (χ0n) is 11.3. The Kier molecular flexibility index (Phi) is 5.64. The molecule has 0 aromatic heterocycles. The average Bonchev–Trinajstić information content (AvgIpc) is 2.38. The lowest BCUT2D eigenvalue weighted by molar-refractivity contribution is -0.385. The smallest absolute Gasteiger partial charge is 0.356 e. The molecule has 0 atom stereocenters. The molecule has 7 nitrogen and oxygen atoms in total. The third-order valence-corrected chi connectivity index (χ3v) is 2.52. The first-order chi connectivity index (χ1) is 9.45. The first-order valence-corrected chi connectivity index (χ1v) is 6.10. The van der Waals surface area contributed by atoms with Crippen molar-refractivity contribution in [1.82, 2.24) is 0 Å². The van der Waals surface area contributed by atoms with Gasteiger partial charge in [-0.3, -0.25) is 10.1 Å². The molecule has 0 saturated carbocycles. The number of nitrogens with zero attached hydrogens (tertiary/aromatic N) is 2. The topological polar surface area (TPSA) is 102 Å². The van der Waals surface area contributed by atoms with Crippen LogP contribution in [0.1, 0.15) is 25.8 Å². The molecular weight excluding hydrogens is 264 g/mol. The fourth-order valence-corrected chi connectivity index (χ4v) is 1.63. The largest absolute Gasteiger partial charge is 0.458 e. The minimum Gasteiger partial charge on any atom is -0.458 e. The minimum atomic E-state index is -0.721. The van der Waals surface area contributed by atoms with Gasteiger partial charge in [-0.05, 0) is 20.3 Å². The van der Waals surface area contributed by atoms with E-state index >= 15 is 0 Å². The first kappa shape index (κ1) is 15.6. The van der Waals surface area contributed by atoms with Gasteiger partial charge in [-0.15, -0.1) is 0 Å². The molecule has 20 heavy (non-hydrogen) atoms. The van der Waals surface area contributed by atoms with E-state index in [0.717, 1.165) is 0 Å². The van der Waals surface area contributed by atoms with Gasteiger partial charge in [0.05, 0.1) is 11.0 Å². The Bertz CT molecular complexity index is 525. The van der Waals surface area contributed by atoms with Gasteiger partial charge in [0, 0.05) is 18.1 Å². The van der Waals surface area contributed by atoms with E-state index in [4.69, 9.17) is 9.94 Å². The number of esters is 1. The van der Waals surface area contributed by atoms with Gasteiger partial charge in [0.2, 0.25) is 0 Å². The van der Waals surface area contributed by atoms with Crippen molar-refractivity contribution < 1.29 is 19.7 Å². The van der Waals surface area contributed by atoms with Crippen LogP contribution in [0, 0.1) is 10.1 Å². The second-order valence-electron chi connectivity index (χ2n) is 4.39. The molecule has 108 valence electrons. The van der Waals surface area contributed by atoms with Crippen LogP contribution in [-0.4, -0.2) is 27.9 Å². The second-order valence-corrected chi connectivity index (χ2v) is 4.39. The van der Waals surface area contributed by atoms with Gasteiger partial charge in [-0.2, -0.15) is 0 Å². The van der Waals surface area contributed by atoms with E-state index in [1.54, 1.807) is 32.0 Å². The Morgan fingerprint density at radius 1 is 1.45 bits per heavy atom. The van der Waals surface area contributed by atoms with E-state index in [0.29, 0.717) is 5.56 Å². The zero-order chi connectivity index (χ0) is 15.1. The van der Waals surface area contributed by atoms with E-state index < -0.39 is 10.9 Å². The van der Waals surface area contributed by atoms with Crippen LogP contribution in [0.4, 0.5) is 5.69 Å². The standard InChI is InChI=1S/C13H16N2O5/c1-9(2)20-13(16)11(14-17)8-7-10-5-3-4-6-12(10)15(18)19/h3-6,9,17H,7-8H2,1-2H3. The number of nitro benzene ring substituents is 1. The maximum absolute atomic E-state index is 11.6. The number of oxime groups is 1. The maximum Gasteiger partial charge on any atom is 0.356 e. The number of aryl methyl sites for hydroxylation is 1. The summed E-state index contributed by atoms with van der Waals surface area (Å²) in [4.78, 5) is 21.9. The summed E-state index contributed by atoms with van der Waals surface area (Å²) in [5, 5.41) is 22.6.